The van der Waals surface area contributed by atoms with Crippen LogP contribution in [0.25, 0.3) is 32.6 Å². The third-order valence-electron chi connectivity index (χ3n) is 5.48. The largest absolute Gasteiger partial charge is 0.395 e. The minimum Gasteiger partial charge on any atom is -0.395 e. The van der Waals surface area contributed by atoms with Gasteiger partial charge in [-0.2, -0.15) is 0 Å². The molecule has 2 aromatic heterocycles. The van der Waals surface area contributed by atoms with Gasteiger partial charge < -0.3 is 15.2 Å². The molecule has 5 nitrogen and oxygen atoms in total. The van der Waals surface area contributed by atoms with Crippen LogP contribution in [0, 0.1) is 13.8 Å². The second-order valence-electron chi connectivity index (χ2n) is 7.15. The van der Waals surface area contributed by atoms with Gasteiger partial charge in [0.15, 0.2) is 0 Å². The van der Waals surface area contributed by atoms with E-state index in [1.165, 1.54) is 43.8 Å². The number of aliphatic hydroxyl groups is 2. The van der Waals surface area contributed by atoms with Gasteiger partial charge in [-0.1, -0.05) is 6.07 Å². The van der Waals surface area contributed by atoms with E-state index < -0.39 is 0 Å². The summed E-state index contributed by atoms with van der Waals surface area (Å²) in [7, 11) is 0. The molecule has 0 fully saturated rings. The topological polar surface area (TPSA) is 72.4 Å². The Balaban J connectivity index is 1.89. The number of nitrogens with one attached hydrogen (secondary N) is 1. The maximum absolute atomic E-state index is 9.25. The number of hydrogen-bond donors (Lipinski definition) is 3. The van der Waals surface area contributed by atoms with Crippen molar-refractivity contribution >= 4 is 32.6 Å². The SMILES string of the molecule is Cc1c2ccncc2c(C)c2c1[nH]c1ccc(CN(CCO)CCO)cc12. The molecule has 3 N–H and O–H groups in total. The Labute approximate surface area is 158 Å². The maximum atomic E-state index is 9.25. The molecule has 2 aromatic carbocycles. The summed E-state index contributed by atoms with van der Waals surface area (Å²) in [5, 5.41) is 23.4. The van der Waals surface area contributed by atoms with E-state index in [2.05, 4.69) is 53.0 Å². The van der Waals surface area contributed by atoms with Gasteiger partial charge in [-0.25, -0.2) is 0 Å². The van der Waals surface area contributed by atoms with E-state index in [1.54, 1.807) is 0 Å². The molecule has 140 valence electrons. The molecule has 4 rings (SSSR count). The van der Waals surface area contributed by atoms with Gasteiger partial charge in [-0.3, -0.25) is 9.88 Å². The third kappa shape index (κ3) is 3.08. The normalized spacial score (nSPS) is 12.0. The van der Waals surface area contributed by atoms with Crippen molar-refractivity contribution in [1.82, 2.24) is 14.9 Å². The first-order chi connectivity index (χ1) is 13.1. The van der Waals surface area contributed by atoms with E-state index in [0.717, 1.165) is 5.52 Å². The van der Waals surface area contributed by atoms with E-state index in [-0.39, 0.29) is 13.2 Å². The summed E-state index contributed by atoms with van der Waals surface area (Å²) in [5.41, 5.74) is 5.96. The second kappa shape index (κ2) is 7.27. The standard InChI is InChI=1S/C22H25N3O2/c1-14-19-12-23-6-5-17(19)15(2)22-21(14)18-11-16(3-4-20(18)24-22)13-25(7-9-26)8-10-27/h3-6,11-12,24,26-27H,7-10,13H2,1-2H3. The number of pyridine rings is 1. The van der Waals surface area contributed by atoms with Crippen molar-refractivity contribution in [2.75, 3.05) is 26.3 Å². The van der Waals surface area contributed by atoms with E-state index in [9.17, 15) is 10.2 Å². The van der Waals surface area contributed by atoms with Gasteiger partial charge in [0.05, 0.1) is 18.7 Å². The third-order valence-corrected chi connectivity index (χ3v) is 5.48. The van der Waals surface area contributed by atoms with Crippen LogP contribution >= 0.6 is 0 Å². The lowest BCUT2D eigenvalue weighted by atomic mass is 9.96. The molecule has 0 unspecified atom stereocenters. The van der Waals surface area contributed by atoms with Crippen molar-refractivity contribution in [2.24, 2.45) is 0 Å². The Hall–Kier alpha value is -2.47. The quantitative estimate of drug-likeness (QED) is 0.492. The zero-order valence-electron chi connectivity index (χ0n) is 15.8. The van der Waals surface area contributed by atoms with Gasteiger partial charge in [0.2, 0.25) is 0 Å². The Kier molecular flexibility index (Phi) is 4.83. The highest BCUT2D eigenvalue weighted by atomic mass is 16.3. The van der Waals surface area contributed by atoms with Crippen molar-refractivity contribution in [3.05, 3.63) is 53.3 Å². The average molecular weight is 363 g/mol. The number of aromatic amines is 1. The van der Waals surface area contributed by atoms with Gasteiger partial charge in [0, 0.05) is 53.7 Å². The Morgan fingerprint density at radius 3 is 2.48 bits per heavy atom. The fourth-order valence-corrected chi connectivity index (χ4v) is 4.11. The van der Waals surface area contributed by atoms with Crippen LogP contribution in [0.4, 0.5) is 0 Å². The lowest BCUT2D eigenvalue weighted by molar-refractivity contribution is 0.156. The van der Waals surface area contributed by atoms with Crippen LogP contribution in [0.2, 0.25) is 0 Å². The number of fused-ring (bicyclic) bond motifs is 4. The van der Waals surface area contributed by atoms with Crippen molar-refractivity contribution in [1.29, 1.82) is 0 Å². The van der Waals surface area contributed by atoms with Crippen LogP contribution in [0.5, 0.6) is 0 Å². The lowest BCUT2D eigenvalue weighted by Crippen LogP contribution is -2.29. The molecule has 0 aliphatic carbocycles. The molecule has 0 saturated heterocycles. The van der Waals surface area contributed by atoms with Crippen molar-refractivity contribution < 1.29 is 10.2 Å². The van der Waals surface area contributed by atoms with Crippen LogP contribution in [0.3, 0.4) is 0 Å². The molecule has 27 heavy (non-hydrogen) atoms. The number of aryl methyl sites for hydroxylation is 2. The summed E-state index contributed by atoms with van der Waals surface area (Å²) in [6.45, 7) is 6.32. The molecule has 5 heteroatoms. The fraction of sp³-hybridized carbons (Fsp3) is 0.318. The first-order valence-electron chi connectivity index (χ1n) is 9.35. The summed E-state index contributed by atoms with van der Waals surface area (Å²) in [4.78, 5) is 9.98. The minimum absolute atomic E-state index is 0.0899. The van der Waals surface area contributed by atoms with Crippen LogP contribution in [0.1, 0.15) is 16.7 Å². The van der Waals surface area contributed by atoms with E-state index in [1.807, 2.05) is 12.4 Å². The zero-order valence-corrected chi connectivity index (χ0v) is 15.8. The molecule has 0 bridgehead atoms. The molecule has 0 aliphatic heterocycles. The average Bonchev–Trinajstić information content (AvgIpc) is 3.06. The summed E-state index contributed by atoms with van der Waals surface area (Å²) in [5.74, 6) is 0. The Morgan fingerprint density at radius 2 is 1.74 bits per heavy atom. The van der Waals surface area contributed by atoms with Crippen LogP contribution in [-0.2, 0) is 6.54 Å². The van der Waals surface area contributed by atoms with Crippen LogP contribution < -0.4 is 0 Å². The van der Waals surface area contributed by atoms with E-state index >= 15 is 0 Å². The predicted molar refractivity (Wildman–Crippen MR) is 110 cm³/mol. The number of aliphatic hydroxyl groups excluding tert-OH is 2. The molecule has 4 aromatic rings. The minimum atomic E-state index is 0.0899. The van der Waals surface area contributed by atoms with Crippen molar-refractivity contribution in [3.8, 4) is 0 Å². The second-order valence-corrected chi connectivity index (χ2v) is 7.15. The maximum Gasteiger partial charge on any atom is 0.0558 e. The Bertz CT molecular complexity index is 1110. The molecule has 0 amide bonds. The van der Waals surface area contributed by atoms with Gasteiger partial charge in [0.1, 0.15) is 0 Å². The van der Waals surface area contributed by atoms with Crippen molar-refractivity contribution in [2.45, 2.75) is 20.4 Å². The van der Waals surface area contributed by atoms with Gasteiger partial charge in [-0.15, -0.1) is 0 Å². The molecule has 0 spiro atoms. The number of benzene rings is 2. The van der Waals surface area contributed by atoms with Crippen LogP contribution in [-0.4, -0.2) is 51.4 Å². The number of nitrogens with zero attached hydrogens (tertiary/aromatic N) is 2. The first-order valence-corrected chi connectivity index (χ1v) is 9.35. The molecular weight excluding hydrogens is 338 g/mol. The lowest BCUT2D eigenvalue weighted by Gasteiger charge is -2.20. The predicted octanol–water partition coefficient (Wildman–Crippen LogP) is 3.27. The van der Waals surface area contributed by atoms with Gasteiger partial charge >= 0.3 is 0 Å². The molecule has 0 saturated carbocycles. The van der Waals surface area contributed by atoms with E-state index in [4.69, 9.17) is 0 Å². The number of aromatic nitrogens is 2. The highest BCUT2D eigenvalue weighted by Gasteiger charge is 2.15. The highest BCUT2D eigenvalue weighted by Crippen LogP contribution is 2.36. The van der Waals surface area contributed by atoms with Crippen LogP contribution in [0.15, 0.2) is 36.7 Å². The zero-order chi connectivity index (χ0) is 19.0. The summed E-state index contributed by atoms with van der Waals surface area (Å²) in [6.07, 6.45) is 3.79. The number of hydrogen-bond acceptors (Lipinski definition) is 4. The van der Waals surface area contributed by atoms with Gasteiger partial charge in [-0.05, 0) is 54.1 Å². The fourth-order valence-electron chi connectivity index (χ4n) is 4.11. The molecule has 2 heterocycles. The molecule has 0 aliphatic rings. The molecule has 0 atom stereocenters. The molecule has 0 radical (unpaired) electrons. The summed E-state index contributed by atoms with van der Waals surface area (Å²) >= 11 is 0. The number of H-pyrrole nitrogens is 1. The smallest absolute Gasteiger partial charge is 0.0558 e. The summed E-state index contributed by atoms with van der Waals surface area (Å²) < 4.78 is 0. The molecular formula is C22H25N3O2. The summed E-state index contributed by atoms with van der Waals surface area (Å²) in [6, 6.07) is 8.55. The van der Waals surface area contributed by atoms with Crippen molar-refractivity contribution in [3.63, 3.8) is 0 Å². The first kappa shape index (κ1) is 17.9. The monoisotopic (exact) mass is 363 g/mol. The number of rotatable bonds is 6. The van der Waals surface area contributed by atoms with E-state index in [0.29, 0.717) is 19.6 Å². The highest BCUT2D eigenvalue weighted by molar-refractivity contribution is 6.16. The Morgan fingerprint density at radius 1 is 0.963 bits per heavy atom. The van der Waals surface area contributed by atoms with Gasteiger partial charge in [0.25, 0.3) is 0 Å².